The van der Waals surface area contributed by atoms with Crippen LogP contribution in [-0.2, 0) is 11.2 Å². The Hall–Kier alpha value is -2.66. The Morgan fingerprint density at radius 1 is 1.20 bits per heavy atom. The maximum atomic E-state index is 12.5. The lowest BCUT2D eigenvalue weighted by Gasteiger charge is -2.30. The molecule has 1 atom stereocenters. The maximum Gasteiger partial charge on any atom is 0.300 e. The summed E-state index contributed by atoms with van der Waals surface area (Å²) < 4.78 is 5.25. The topological polar surface area (TPSA) is 49.9 Å². The van der Waals surface area contributed by atoms with E-state index in [0.29, 0.717) is 23.7 Å². The monoisotopic (exact) mass is 336 g/mol. The molecule has 128 valence electrons. The molecular formula is C20H20N2O3. The zero-order chi connectivity index (χ0) is 17.6. The Balaban J connectivity index is 1.61. The van der Waals surface area contributed by atoms with E-state index in [1.165, 1.54) is 11.1 Å². The van der Waals surface area contributed by atoms with E-state index < -0.39 is 11.7 Å². The zero-order valence-corrected chi connectivity index (χ0v) is 14.4. The highest BCUT2D eigenvalue weighted by atomic mass is 16.5. The first-order chi connectivity index (χ1) is 12.1. The molecule has 4 rings (SSSR count). The van der Waals surface area contributed by atoms with E-state index in [1.807, 2.05) is 7.05 Å². The van der Waals surface area contributed by atoms with Crippen molar-refractivity contribution in [2.75, 3.05) is 25.7 Å². The molecule has 0 radical (unpaired) electrons. The summed E-state index contributed by atoms with van der Waals surface area (Å²) in [6, 6.07) is 13.8. The lowest BCUT2D eigenvalue weighted by Crippen LogP contribution is -2.40. The quantitative estimate of drug-likeness (QED) is 0.806. The van der Waals surface area contributed by atoms with Gasteiger partial charge in [-0.05, 0) is 43.1 Å². The van der Waals surface area contributed by atoms with Gasteiger partial charge in [-0.15, -0.1) is 0 Å². The van der Waals surface area contributed by atoms with Crippen molar-refractivity contribution in [2.45, 2.75) is 18.9 Å². The van der Waals surface area contributed by atoms with E-state index in [9.17, 15) is 9.59 Å². The normalized spacial score (nSPS) is 18.7. The van der Waals surface area contributed by atoms with Crippen molar-refractivity contribution < 1.29 is 14.3 Å². The number of amides is 1. The second-order valence-corrected chi connectivity index (χ2v) is 6.60. The lowest BCUT2D eigenvalue weighted by atomic mass is 10.1. The van der Waals surface area contributed by atoms with Crippen molar-refractivity contribution in [3.8, 4) is 5.75 Å². The van der Waals surface area contributed by atoms with Gasteiger partial charge in [0.1, 0.15) is 5.75 Å². The van der Waals surface area contributed by atoms with E-state index in [2.05, 4.69) is 29.2 Å². The number of hydrogen-bond acceptors (Lipinski definition) is 4. The molecule has 1 aliphatic carbocycles. The minimum Gasteiger partial charge on any atom is -0.497 e. The van der Waals surface area contributed by atoms with Crippen molar-refractivity contribution in [3.63, 3.8) is 0 Å². The average Bonchev–Trinajstić information content (AvgIpc) is 3.17. The summed E-state index contributed by atoms with van der Waals surface area (Å²) in [5.41, 5.74) is 3.76. The first kappa shape index (κ1) is 15.8. The Kier molecular flexibility index (Phi) is 3.81. The molecule has 5 heteroatoms. The minimum absolute atomic E-state index is 0.258. The first-order valence-corrected chi connectivity index (χ1v) is 8.42. The molecule has 5 nitrogen and oxygen atoms in total. The lowest BCUT2D eigenvalue weighted by molar-refractivity contribution is -0.114. The molecule has 2 aromatic carbocycles. The number of ketones is 1. The molecule has 0 aromatic heterocycles. The Morgan fingerprint density at radius 3 is 2.80 bits per heavy atom. The highest BCUT2D eigenvalue weighted by Crippen LogP contribution is 2.37. The molecule has 0 saturated heterocycles. The van der Waals surface area contributed by atoms with Gasteiger partial charge in [0, 0.05) is 12.1 Å². The van der Waals surface area contributed by atoms with Crippen molar-refractivity contribution >= 4 is 17.4 Å². The third-order valence-corrected chi connectivity index (χ3v) is 5.18. The van der Waals surface area contributed by atoms with Crippen molar-refractivity contribution in [2.24, 2.45) is 0 Å². The average molecular weight is 336 g/mol. The number of hydrogen-bond donors (Lipinski definition) is 0. The Labute approximate surface area is 146 Å². The first-order valence-electron chi connectivity index (χ1n) is 8.42. The third kappa shape index (κ3) is 2.51. The fraction of sp³-hybridized carbons (Fsp3) is 0.300. The molecule has 2 aromatic rings. The fourth-order valence-corrected chi connectivity index (χ4v) is 3.86. The minimum atomic E-state index is -0.471. The molecule has 1 heterocycles. The summed E-state index contributed by atoms with van der Waals surface area (Å²) in [6.45, 7) is 0.379. The van der Waals surface area contributed by atoms with Crippen LogP contribution in [0.4, 0.5) is 5.69 Å². The molecule has 0 saturated carbocycles. The molecule has 1 amide bonds. The summed E-state index contributed by atoms with van der Waals surface area (Å²) >= 11 is 0. The summed E-state index contributed by atoms with van der Waals surface area (Å²) in [4.78, 5) is 28.4. The number of carbonyl (C=O) groups excluding carboxylic acids is 2. The van der Waals surface area contributed by atoms with E-state index in [-0.39, 0.29) is 6.04 Å². The van der Waals surface area contributed by atoms with Crippen LogP contribution in [0.1, 0.15) is 33.9 Å². The number of benzene rings is 2. The Bertz CT molecular complexity index is 862. The summed E-state index contributed by atoms with van der Waals surface area (Å²) in [5, 5.41) is 0. The number of nitrogens with zero attached hydrogens (tertiary/aromatic N) is 2. The number of aryl methyl sites for hydroxylation is 1. The van der Waals surface area contributed by atoms with Crippen molar-refractivity contribution in [1.29, 1.82) is 0 Å². The number of fused-ring (bicyclic) bond motifs is 2. The van der Waals surface area contributed by atoms with Gasteiger partial charge in [0.15, 0.2) is 0 Å². The van der Waals surface area contributed by atoms with Gasteiger partial charge < -0.3 is 4.74 Å². The molecule has 0 bridgehead atoms. The van der Waals surface area contributed by atoms with Gasteiger partial charge in [0.25, 0.3) is 5.78 Å². The van der Waals surface area contributed by atoms with Gasteiger partial charge in [-0.2, -0.15) is 0 Å². The van der Waals surface area contributed by atoms with Crippen molar-refractivity contribution in [3.05, 3.63) is 59.2 Å². The third-order valence-electron chi connectivity index (χ3n) is 5.18. The molecule has 1 unspecified atom stereocenters. The number of Topliss-reactive ketones (excluding diaryl/α,β-unsaturated/α-hetero) is 1. The highest BCUT2D eigenvalue weighted by molar-refractivity contribution is 6.52. The van der Waals surface area contributed by atoms with Gasteiger partial charge in [0.2, 0.25) is 0 Å². The van der Waals surface area contributed by atoms with Crippen LogP contribution in [0.2, 0.25) is 0 Å². The van der Waals surface area contributed by atoms with Crippen LogP contribution in [0.15, 0.2) is 42.5 Å². The molecular weight excluding hydrogens is 316 g/mol. The molecule has 0 fully saturated rings. The van der Waals surface area contributed by atoms with E-state index in [4.69, 9.17) is 4.74 Å². The number of carbonyl (C=O) groups is 2. The number of ether oxygens (including phenoxy) is 1. The maximum absolute atomic E-state index is 12.5. The van der Waals surface area contributed by atoms with Crippen LogP contribution in [0.3, 0.4) is 0 Å². The van der Waals surface area contributed by atoms with Gasteiger partial charge in [-0.1, -0.05) is 24.3 Å². The van der Waals surface area contributed by atoms with Gasteiger partial charge >= 0.3 is 5.91 Å². The predicted octanol–water partition coefficient (Wildman–Crippen LogP) is 2.80. The van der Waals surface area contributed by atoms with Gasteiger partial charge in [-0.3, -0.25) is 19.4 Å². The number of rotatable bonds is 4. The summed E-state index contributed by atoms with van der Waals surface area (Å²) in [6.07, 6.45) is 2.07. The van der Waals surface area contributed by atoms with E-state index >= 15 is 0 Å². The largest absolute Gasteiger partial charge is 0.497 e. The predicted molar refractivity (Wildman–Crippen MR) is 94.9 cm³/mol. The Morgan fingerprint density at radius 2 is 2.00 bits per heavy atom. The summed E-state index contributed by atoms with van der Waals surface area (Å²) in [7, 11) is 3.58. The summed E-state index contributed by atoms with van der Waals surface area (Å²) in [5.74, 6) is -0.278. The van der Waals surface area contributed by atoms with Crippen molar-refractivity contribution in [1.82, 2.24) is 4.90 Å². The fourth-order valence-electron chi connectivity index (χ4n) is 3.86. The van der Waals surface area contributed by atoms with Crippen LogP contribution in [-0.4, -0.2) is 37.4 Å². The van der Waals surface area contributed by atoms with Crippen LogP contribution < -0.4 is 9.64 Å². The van der Waals surface area contributed by atoms with Gasteiger partial charge in [-0.25, -0.2) is 0 Å². The standard InChI is InChI=1S/C20H20N2O3/c1-21(17-10-7-13-5-3-4-6-15(13)17)12-22-18-11-14(25-2)8-9-16(18)19(23)20(22)24/h3-6,8-9,11,17H,7,10,12H2,1-2H3. The second kappa shape index (κ2) is 6.01. The second-order valence-electron chi connectivity index (χ2n) is 6.60. The molecule has 25 heavy (non-hydrogen) atoms. The van der Waals surface area contributed by atoms with E-state index in [0.717, 1.165) is 12.8 Å². The number of anilines is 1. The highest BCUT2D eigenvalue weighted by Gasteiger charge is 2.38. The van der Waals surface area contributed by atoms with Crippen LogP contribution in [0, 0.1) is 0 Å². The van der Waals surface area contributed by atoms with Crippen LogP contribution in [0.25, 0.3) is 0 Å². The van der Waals surface area contributed by atoms with Crippen LogP contribution >= 0.6 is 0 Å². The SMILES string of the molecule is COc1ccc2c(c1)N(CN(C)C1CCc3ccccc31)C(=O)C2=O. The zero-order valence-electron chi connectivity index (χ0n) is 14.4. The molecule has 0 spiro atoms. The molecule has 2 aliphatic rings. The van der Waals surface area contributed by atoms with Gasteiger partial charge in [0.05, 0.1) is 25.0 Å². The smallest absolute Gasteiger partial charge is 0.300 e. The molecule has 1 aliphatic heterocycles. The molecule has 0 N–H and O–H groups in total. The van der Waals surface area contributed by atoms with Crippen LogP contribution in [0.5, 0.6) is 5.75 Å². The number of methoxy groups -OCH3 is 1. The van der Waals surface area contributed by atoms with E-state index in [1.54, 1.807) is 30.2 Å².